The second-order valence-electron chi connectivity index (χ2n) is 4.29. The van der Waals surface area contributed by atoms with Crippen molar-refractivity contribution < 1.29 is 19.5 Å². The molecule has 96 valence electrons. The van der Waals surface area contributed by atoms with Gasteiger partial charge in [-0.25, -0.2) is 4.79 Å². The minimum atomic E-state index is -0.833. The van der Waals surface area contributed by atoms with Gasteiger partial charge >= 0.3 is 12.0 Å². The Morgan fingerprint density at radius 3 is 2.47 bits per heavy atom. The number of carbonyl (C=O) groups is 3. The summed E-state index contributed by atoms with van der Waals surface area (Å²) in [5.41, 5.74) is 5.00. The maximum Gasteiger partial charge on any atom is 0.315 e. The number of amides is 3. The van der Waals surface area contributed by atoms with E-state index in [1.807, 2.05) is 0 Å². The molecule has 1 rings (SSSR count). The first kappa shape index (κ1) is 13.3. The van der Waals surface area contributed by atoms with Crippen LogP contribution in [0.4, 0.5) is 4.79 Å². The Bertz CT molecular complexity index is 332. The number of carboxylic acids is 1. The third-order valence-corrected chi connectivity index (χ3v) is 2.89. The lowest BCUT2D eigenvalue weighted by Gasteiger charge is -2.15. The van der Waals surface area contributed by atoms with Crippen LogP contribution in [0.5, 0.6) is 0 Å². The molecule has 7 heteroatoms. The second kappa shape index (κ2) is 5.51. The zero-order valence-electron chi connectivity index (χ0n) is 9.60. The molecule has 3 atom stereocenters. The Morgan fingerprint density at radius 1 is 1.35 bits per heavy atom. The van der Waals surface area contributed by atoms with Crippen molar-refractivity contribution in [3.8, 4) is 0 Å². The molecule has 5 N–H and O–H groups in total. The lowest BCUT2D eigenvalue weighted by molar-refractivity contribution is -0.141. The highest BCUT2D eigenvalue weighted by atomic mass is 16.4. The van der Waals surface area contributed by atoms with Crippen LogP contribution in [0.3, 0.4) is 0 Å². The lowest BCUT2D eigenvalue weighted by atomic mass is 10.1. The van der Waals surface area contributed by atoms with Gasteiger partial charge < -0.3 is 21.5 Å². The maximum atomic E-state index is 11.4. The Balaban J connectivity index is 2.33. The molecular weight excluding hydrogens is 226 g/mol. The Labute approximate surface area is 98.7 Å². The topological polar surface area (TPSA) is 122 Å². The second-order valence-corrected chi connectivity index (χ2v) is 4.29. The Morgan fingerprint density at radius 2 is 2.00 bits per heavy atom. The van der Waals surface area contributed by atoms with Crippen LogP contribution < -0.4 is 16.4 Å². The zero-order valence-corrected chi connectivity index (χ0v) is 9.60. The number of urea groups is 1. The van der Waals surface area contributed by atoms with Gasteiger partial charge in [-0.15, -0.1) is 0 Å². The van der Waals surface area contributed by atoms with Gasteiger partial charge in [0.05, 0.1) is 5.92 Å². The van der Waals surface area contributed by atoms with E-state index in [4.69, 9.17) is 10.8 Å². The van der Waals surface area contributed by atoms with Crippen LogP contribution in [-0.4, -0.2) is 35.1 Å². The molecule has 7 nitrogen and oxygen atoms in total. The van der Waals surface area contributed by atoms with Crippen molar-refractivity contribution in [2.75, 3.05) is 0 Å². The molecular formula is C10H17N3O4. The van der Waals surface area contributed by atoms with Gasteiger partial charge in [0.15, 0.2) is 0 Å². The molecule has 1 aliphatic rings. The Kier molecular flexibility index (Phi) is 4.30. The number of aliphatic carboxylic acids is 1. The molecule has 0 spiro atoms. The molecule has 0 heterocycles. The van der Waals surface area contributed by atoms with E-state index >= 15 is 0 Å². The van der Waals surface area contributed by atoms with Gasteiger partial charge in [0.25, 0.3) is 0 Å². The summed E-state index contributed by atoms with van der Waals surface area (Å²) in [4.78, 5) is 32.8. The number of hydrogen-bond acceptors (Lipinski definition) is 3. The summed E-state index contributed by atoms with van der Waals surface area (Å²) in [6.45, 7) is 1.48. The van der Waals surface area contributed by atoms with E-state index in [0.29, 0.717) is 19.3 Å². The molecule has 0 aromatic heterocycles. The van der Waals surface area contributed by atoms with E-state index in [-0.39, 0.29) is 6.04 Å². The maximum absolute atomic E-state index is 11.4. The lowest BCUT2D eigenvalue weighted by Crippen LogP contribution is -2.49. The molecule has 1 fully saturated rings. The quantitative estimate of drug-likeness (QED) is 0.527. The molecule has 1 aliphatic carbocycles. The fourth-order valence-corrected chi connectivity index (χ4v) is 1.83. The van der Waals surface area contributed by atoms with Crippen LogP contribution in [-0.2, 0) is 9.59 Å². The van der Waals surface area contributed by atoms with Crippen molar-refractivity contribution in [1.29, 1.82) is 0 Å². The fourth-order valence-electron chi connectivity index (χ4n) is 1.83. The van der Waals surface area contributed by atoms with Gasteiger partial charge in [-0.2, -0.15) is 0 Å². The monoisotopic (exact) mass is 243 g/mol. The smallest absolute Gasteiger partial charge is 0.315 e. The summed E-state index contributed by atoms with van der Waals surface area (Å²) in [5.74, 6) is -1.84. The van der Waals surface area contributed by atoms with Crippen LogP contribution in [0, 0.1) is 5.92 Å². The summed E-state index contributed by atoms with van der Waals surface area (Å²) in [7, 11) is 0. The van der Waals surface area contributed by atoms with Gasteiger partial charge in [0, 0.05) is 6.04 Å². The predicted molar refractivity (Wildman–Crippen MR) is 59.1 cm³/mol. The highest BCUT2D eigenvalue weighted by Crippen LogP contribution is 2.25. The van der Waals surface area contributed by atoms with Gasteiger partial charge in [0.2, 0.25) is 5.91 Å². The summed E-state index contributed by atoms with van der Waals surface area (Å²) in [5, 5.41) is 13.8. The highest BCUT2D eigenvalue weighted by molar-refractivity contribution is 5.85. The van der Waals surface area contributed by atoms with Crippen LogP contribution >= 0.6 is 0 Å². The highest BCUT2D eigenvalue weighted by Gasteiger charge is 2.30. The molecule has 1 unspecified atom stereocenters. The van der Waals surface area contributed by atoms with E-state index in [1.54, 1.807) is 0 Å². The van der Waals surface area contributed by atoms with Crippen molar-refractivity contribution in [3.05, 3.63) is 0 Å². The summed E-state index contributed by atoms with van der Waals surface area (Å²) in [6, 6.07) is -1.39. The van der Waals surface area contributed by atoms with Crippen molar-refractivity contribution in [2.45, 2.75) is 38.3 Å². The molecule has 0 aromatic rings. The SMILES string of the molecule is CC(NC(=O)N[C@H]1CC[C@@H](C(=O)O)C1)C(N)=O. The molecule has 3 amide bonds. The van der Waals surface area contributed by atoms with E-state index in [2.05, 4.69) is 10.6 Å². The average molecular weight is 243 g/mol. The van der Waals surface area contributed by atoms with Gasteiger partial charge in [-0.05, 0) is 26.2 Å². The standard InChI is InChI=1S/C10H17N3O4/c1-5(8(11)14)12-10(17)13-7-3-2-6(4-7)9(15)16/h5-7H,2-4H2,1H3,(H2,11,14)(H,15,16)(H2,12,13,17)/t5?,6-,7+/m1/s1. The van der Waals surface area contributed by atoms with E-state index in [9.17, 15) is 14.4 Å². The summed E-state index contributed by atoms with van der Waals surface area (Å²) < 4.78 is 0. The van der Waals surface area contributed by atoms with Gasteiger partial charge in [0.1, 0.15) is 6.04 Å². The normalized spacial score (nSPS) is 25.0. The predicted octanol–water partition coefficient (Wildman–Crippen LogP) is -0.587. The third-order valence-electron chi connectivity index (χ3n) is 2.89. The minimum absolute atomic E-state index is 0.156. The van der Waals surface area contributed by atoms with Crippen molar-refractivity contribution >= 4 is 17.9 Å². The van der Waals surface area contributed by atoms with E-state index < -0.39 is 29.9 Å². The van der Waals surface area contributed by atoms with Crippen molar-refractivity contribution in [1.82, 2.24) is 10.6 Å². The van der Waals surface area contributed by atoms with Gasteiger partial charge in [-0.1, -0.05) is 0 Å². The zero-order chi connectivity index (χ0) is 13.0. The molecule has 17 heavy (non-hydrogen) atoms. The molecule has 0 bridgehead atoms. The van der Waals surface area contributed by atoms with Crippen LogP contribution in [0.1, 0.15) is 26.2 Å². The molecule has 0 aliphatic heterocycles. The van der Waals surface area contributed by atoms with Crippen molar-refractivity contribution in [2.24, 2.45) is 11.7 Å². The van der Waals surface area contributed by atoms with Crippen LogP contribution in [0.2, 0.25) is 0 Å². The molecule has 0 saturated heterocycles. The molecule has 0 aromatic carbocycles. The summed E-state index contributed by atoms with van der Waals surface area (Å²) >= 11 is 0. The summed E-state index contributed by atoms with van der Waals surface area (Å²) in [6.07, 6.45) is 1.62. The van der Waals surface area contributed by atoms with Crippen LogP contribution in [0.15, 0.2) is 0 Å². The van der Waals surface area contributed by atoms with E-state index in [0.717, 1.165) is 0 Å². The fraction of sp³-hybridized carbons (Fsp3) is 0.700. The first-order valence-corrected chi connectivity index (χ1v) is 5.49. The number of rotatable bonds is 4. The number of carbonyl (C=O) groups excluding carboxylic acids is 2. The minimum Gasteiger partial charge on any atom is -0.481 e. The van der Waals surface area contributed by atoms with Crippen LogP contribution in [0.25, 0.3) is 0 Å². The van der Waals surface area contributed by atoms with Gasteiger partial charge in [-0.3, -0.25) is 9.59 Å². The number of carboxylic acid groups (broad SMARTS) is 1. The van der Waals surface area contributed by atoms with E-state index in [1.165, 1.54) is 6.92 Å². The number of nitrogens with one attached hydrogen (secondary N) is 2. The molecule has 1 saturated carbocycles. The first-order chi connectivity index (χ1) is 7.90. The number of primary amides is 1. The Hall–Kier alpha value is -1.79. The first-order valence-electron chi connectivity index (χ1n) is 5.49. The average Bonchev–Trinajstić information content (AvgIpc) is 2.65. The van der Waals surface area contributed by atoms with Crippen molar-refractivity contribution in [3.63, 3.8) is 0 Å². The largest absolute Gasteiger partial charge is 0.481 e. The molecule has 0 radical (unpaired) electrons. The third kappa shape index (κ3) is 3.93. The number of hydrogen-bond donors (Lipinski definition) is 4. The number of nitrogens with two attached hydrogens (primary N) is 1.